The van der Waals surface area contributed by atoms with Crippen LogP contribution in [0.25, 0.3) is 0 Å². The zero-order valence-corrected chi connectivity index (χ0v) is 13.0. The molecule has 1 unspecified atom stereocenters. The molecule has 1 aromatic carbocycles. The van der Waals surface area contributed by atoms with Gasteiger partial charge in [0.1, 0.15) is 0 Å². The zero-order valence-electron chi connectivity index (χ0n) is 12.1. The average molecular weight is 283 g/mol. The van der Waals surface area contributed by atoms with Crippen molar-refractivity contribution in [3.8, 4) is 11.5 Å². The van der Waals surface area contributed by atoms with E-state index in [1.54, 1.807) is 7.11 Å². The second kappa shape index (κ2) is 9.10. The number of ether oxygens (including phenoxy) is 2. The summed E-state index contributed by atoms with van der Waals surface area (Å²) < 4.78 is 11.1. The summed E-state index contributed by atoms with van der Waals surface area (Å²) >= 11 is 1.94. The predicted octanol–water partition coefficient (Wildman–Crippen LogP) is 3.11. The van der Waals surface area contributed by atoms with Gasteiger partial charge in [0.2, 0.25) is 0 Å². The van der Waals surface area contributed by atoms with Gasteiger partial charge in [-0.05, 0) is 49.0 Å². The van der Waals surface area contributed by atoms with Crippen molar-refractivity contribution in [2.45, 2.75) is 32.7 Å². The van der Waals surface area contributed by atoms with Crippen molar-refractivity contribution in [1.29, 1.82) is 0 Å². The van der Waals surface area contributed by atoms with Gasteiger partial charge in [-0.1, -0.05) is 13.0 Å². The molecule has 19 heavy (non-hydrogen) atoms. The minimum absolute atomic E-state index is 0.155. The Morgan fingerprint density at radius 2 is 2.11 bits per heavy atom. The number of nitrogens with two attached hydrogens (primary N) is 1. The van der Waals surface area contributed by atoms with Gasteiger partial charge in [0.25, 0.3) is 0 Å². The fraction of sp³-hybridized carbons (Fsp3) is 0.600. The van der Waals surface area contributed by atoms with Crippen LogP contribution in [0.1, 0.15) is 25.8 Å². The smallest absolute Gasteiger partial charge is 0.161 e. The van der Waals surface area contributed by atoms with Crippen LogP contribution in [0.15, 0.2) is 18.2 Å². The lowest BCUT2D eigenvalue weighted by Crippen LogP contribution is -2.17. The highest BCUT2D eigenvalue weighted by molar-refractivity contribution is 7.99. The van der Waals surface area contributed by atoms with E-state index in [2.05, 4.69) is 6.92 Å². The van der Waals surface area contributed by atoms with Gasteiger partial charge in [-0.2, -0.15) is 11.8 Å². The minimum atomic E-state index is 0.155. The molecular weight excluding hydrogens is 258 g/mol. The van der Waals surface area contributed by atoms with E-state index in [1.807, 2.05) is 36.9 Å². The van der Waals surface area contributed by atoms with Gasteiger partial charge >= 0.3 is 0 Å². The van der Waals surface area contributed by atoms with Crippen molar-refractivity contribution in [3.05, 3.63) is 23.8 Å². The summed E-state index contributed by atoms with van der Waals surface area (Å²) in [5, 5.41) is 0. The summed E-state index contributed by atoms with van der Waals surface area (Å²) in [5.41, 5.74) is 7.01. The first-order valence-corrected chi connectivity index (χ1v) is 7.95. The fourth-order valence-electron chi connectivity index (χ4n) is 1.82. The molecule has 0 amide bonds. The van der Waals surface area contributed by atoms with Gasteiger partial charge in [0.15, 0.2) is 11.5 Å². The third-order valence-electron chi connectivity index (χ3n) is 2.68. The van der Waals surface area contributed by atoms with Crippen molar-refractivity contribution >= 4 is 11.8 Å². The van der Waals surface area contributed by atoms with Gasteiger partial charge < -0.3 is 15.2 Å². The van der Waals surface area contributed by atoms with Crippen LogP contribution >= 0.6 is 11.8 Å². The Balaban J connectivity index is 2.57. The highest BCUT2D eigenvalue weighted by atomic mass is 32.2. The molecule has 0 aliphatic heterocycles. The van der Waals surface area contributed by atoms with Crippen molar-refractivity contribution in [1.82, 2.24) is 0 Å². The van der Waals surface area contributed by atoms with E-state index in [0.717, 1.165) is 42.5 Å². The standard InChI is InChI=1S/C15H25NO2S/c1-4-19-9-5-8-18-15-11-13(10-12(2)16)6-7-14(15)17-3/h6-7,11-12H,4-5,8-10,16H2,1-3H3. The van der Waals surface area contributed by atoms with Crippen LogP contribution in [0.5, 0.6) is 11.5 Å². The first-order chi connectivity index (χ1) is 9.17. The van der Waals surface area contributed by atoms with Crippen LogP contribution in [-0.2, 0) is 6.42 Å². The molecule has 108 valence electrons. The van der Waals surface area contributed by atoms with E-state index in [-0.39, 0.29) is 6.04 Å². The van der Waals surface area contributed by atoms with Crippen LogP contribution in [-0.4, -0.2) is 31.3 Å². The predicted molar refractivity (Wildman–Crippen MR) is 83.5 cm³/mol. The highest BCUT2D eigenvalue weighted by Gasteiger charge is 2.07. The highest BCUT2D eigenvalue weighted by Crippen LogP contribution is 2.28. The lowest BCUT2D eigenvalue weighted by atomic mass is 10.1. The van der Waals surface area contributed by atoms with Crippen molar-refractivity contribution in [3.63, 3.8) is 0 Å². The molecule has 0 heterocycles. The van der Waals surface area contributed by atoms with Crippen molar-refractivity contribution in [2.75, 3.05) is 25.2 Å². The monoisotopic (exact) mass is 283 g/mol. The summed E-state index contributed by atoms with van der Waals surface area (Å²) in [7, 11) is 1.67. The molecule has 0 aliphatic carbocycles. The number of hydrogen-bond acceptors (Lipinski definition) is 4. The Labute approximate surface area is 120 Å². The zero-order chi connectivity index (χ0) is 14.1. The molecule has 0 fully saturated rings. The van der Waals surface area contributed by atoms with Crippen LogP contribution in [0.4, 0.5) is 0 Å². The number of benzene rings is 1. The fourth-order valence-corrected chi connectivity index (χ4v) is 2.43. The second-order valence-electron chi connectivity index (χ2n) is 4.57. The van der Waals surface area contributed by atoms with Crippen LogP contribution in [0, 0.1) is 0 Å². The molecule has 1 aromatic rings. The Morgan fingerprint density at radius 3 is 2.74 bits per heavy atom. The lowest BCUT2D eigenvalue weighted by molar-refractivity contribution is 0.295. The third kappa shape index (κ3) is 6.21. The molecule has 1 atom stereocenters. The average Bonchev–Trinajstić information content (AvgIpc) is 2.38. The molecule has 3 nitrogen and oxygen atoms in total. The van der Waals surface area contributed by atoms with Crippen molar-refractivity contribution in [2.24, 2.45) is 5.73 Å². The molecule has 0 aliphatic rings. The molecule has 2 N–H and O–H groups in total. The van der Waals surface area contributed by atoms with Gasteiger partial charge in [-0.25, -0.2) is 0 Å². The Morgan fingerprint density at radius 1 is 1.32 bits per heavy atom. The van der Waals surface area contributed by atoms with E-state index in [1.165, 1.54) is 5.56 Å². The quantitative estimate of drug-likeness (QED) is 0.707. The first-order valence-electron chi connectivity index (χ1n) is 6.80. The molecule has 4 heteroatoms. The Bertz CT molecular complexity index is 369. The summed E-state index contributed by atoms with van der Waals surface area (Å²) in [6, 6.07) is 6.19. The number of hydrogen-bond donors (Lipinski definition) is 1. The molecule has 0 bridgehead atoms. The van der Waals surface area contributed by atoms with Crippen LogP contribution in [0.2, 0.25) is 0 Å². The second-order valence-corrected chi connectivity index (χ2v) is 5.96. The van der Waals surface area contributed by atoms with Gasteiger partial charge in [-0.3, -0.25) is 0 Å². The molecule has 0 saturated heterocycles. The molecule has 0 saturated carbocycles. The maximum Gasteiger partial charge on any atom is 0.161 e. The normalized spacial score (nSPS) is 12.2. The van der Waals surface area contributed by atoms with E-state index in [4.69, 9.17) is 15.2 Å². The first kappa shape index (κ1) is 16.2. The van der Waals surface area contributed by atoms with Crippen molar-refractivity contribution < 1.29 is 9.47 Å². The van der Waals surface area contributed by atoms with E-state index < -0.39 is 0 Å². The largest absolute Gasteiger partial charge is 0.493 e. The molecule has 0 radical (unpaired) electrons. The van der Waals surface area contributed by atoms with E-state index in [0.29, 0.717) is 0 Å². The maximum atomic E-state index is 5.83. The third-order valence-corrected chi connectivity index (χ3v) is 3.67. The van der Waals surface area contributed by atoms with Gasteiger partial charge in [0, 0.05) is 6.04 Å². The molecule has 1 rings (SSSR count). The minimum Gasteiger partial charge on any atom is -0.493 e. The number of methoxy groups -OCH3 is 1. The summed E-state index contributed by atoms with van der Waals surface area (Å²) in [5.74, 6) is 3.91. The van der Waals surface area contributed by atoms with Crippen LogP contribution < -0.4 is 15.2 Å². The maximum absolute atomic E-state index is 5.83. The summed E-state index contributed by atoms with van der Waals surface area (Å²) in [4.78, 5) is 0. The van der Waals surface area contributed by atoms with Gasteiger partial charge in [0.05, 0.1) is 13.7 Å². The van der Waals surface area contributed by atoms with Crippen LogP contribution in [0.3, 0.4) is 0 Å². The Kier molecular flexibility index (Phi) is 7.75. The summed E-state index contributed by atoms with van der Waals surface area (Å²) in [6.07, 6.45) is 1.91. The van der Waals surface area contributed by atoms with E-state index in [9.17, 15) is 0 Å². The molecule has 0 aromatic heterocycles. The molecule has 0 spiro atoms. The SMILES string of the molecule is CCSCCCOc1cc(CC(C)N)ccc1OC. The number of rotatable bonds is 9. The van der Waals surface area contributed by atoms with E-state index >= 15 is 0 Å². The molecular formula is C15H25NO2S. The van der Waals surface area contributed by atoms with Gasteiger partial charge in [-0.15, -0.1) is 0 Å². The topological polar surface area (TPSA) is 44.5 Å². The number of thioether (sulfide) groups is 1. The Hall–Kier alpha value is -0.870. The lowest BCUT2D eigenvalue weighted by Gasteiger charge is -2.13. The summed E-state index contributed by atoms with van der Waals surface area (Å²) in [6.45, 7) is 4.91.